The van der Waals surface area contributed by atoms with E-state index in [-0.39, 0.29) is 25.3 Å². The second-order valence-corrected chi connectivity index (χ2v) is 4.08. The van der Waals surface area contributed by atoms with Crippen LogP contribution in [0.2, 0.25) is 0 Å². The minimum absolute atomic E-state index is 0.102. The molecule has 0 spiro atoms. The number of amides is 1. The van der Waals surface area contributed by atoms with E-state index in [2.05, 4.69) is 0 Å². The smallest absolute Gasteiger partial charge is 0.305 e. The summed E-state index contributed by atoms with van der Waals surface area (Å²) in [5, 5.41) is 8.78. The van der Waals surface area contributed by atoms with Crippen LogP contribution in [0.25, 0.3) is 0 Å². The molecule has 0 radical (unpaired) electrons. The van der Waals surface area contributed by atoms with Crippen molar-refractivity contribution in [3.05, 3.63) is 18.2 Å². The Bertz CT molecular complexity index is 486. The van der Waals surface area contributed by atoms with Crippen molar-refractivity contribution in [2.45, 2.75) is 19.8 Å². The van der Waals surface area contributed by atoms with Crippen LogP contribution in [-0.2, 0) is 9.59 Å². The molecule has 6 heteroatoms. The van der Waals surface area contributed by atoms with E-state index in [0.717, 1.165) is 0 Å². The Morgan fingerprint density at radius 1 is 1.25 bits per heavy atom. The highest BCUT2D eigenvalue weighted by molar-refractivity contribution is 5.95. The first-order chi connectivity index (χ1) is 9.53. The Morgan fingerprint density at radius 3 is 2.45 bits per heavy atom. The number of hydrogen-bond donors (Lipinski definition) is 1. The van der Waals surface area contributed by atoms with E-state index >= 15 is 0 Å². The SMILES string of the molecule is CCC(=O)N(CCC(=O)O)c1ccc(OC)cc1OC. The number of aliphatic carboxylic acids is 1. The van der Waals surface area contributed by atoms with Gasteiger partial charge in [0.2, 0.25) is 5.91 Å². The lowest BCUT2D eigenvalue weighted by Gasteiger charge is -2.24. The summed E-state index contributed by atoms with van der Waals surface area (Å²) in [5.74, 6) is -0.0367. The summed E-state index contributed by atoms with van der Waals surface area (Å²) in [5.41, 5.74) is 0.543. The number of rotatable bonds is 7. The number of anilines is 1. The summed E-state index contributed by atoms with van der Waals surface area (Å²) < 4.78 is 10.3. The molecule has 0 atom stereocenters. The second kappa shape index (κ2) is 7.37. The predicted octanol–water partition coefficient (Wildman–Crippen LogP) is 1.92. The van der Waals surface area contributed by atoms with Gasteiger partial charge >= 0.3 is 5.97 Å². The van der Waals surface area contributed by atoms with Gasteiger partial charge in [-0.3, -0.25) is 9.59 Å². The Balaban J connectivity index is 3.11. The van der Waals surface area contributed by atoms with Crippen LogP contribution in [0.4, 0.5) is 5.69 Å². The van der Waals surface area contributed by atoms with Gasteiger partial charge in [-0.05, 0) is 12.1 Å². The summed E-state index contributed by atoms with van der Waals surface area (Å²) >= 11 is 0. The lowest BCUT2D eigenvalue weighted by molar-refractivity contribution is -0.136. The number of carbonyl (C=O) groups excluding carboxylic acids is 1. The zero-order valence-electron chi connectivity index (χ0n) is 11.9. The fraction of sp³-hybridized carbons (Fsp3) is 0.429. The number of hydrogen-bond acceptors (Lipinski definition) is 4. The minimum atomic E-state index is -0.952. The van der Waals surface area contributed by atoms with Crippen LogP contribution in [0.5, 0.6) is 11.5 Å². The van der Waals surface area contributed by atoms with Crippen molar-refractivity contribution in [1.82, 2.24) is 0 Å². The van der Waals surface area contributed by atoms with Gasteiger partial charge in [-0.1, -0.05) is 6.92 Å². The molecule has 0 heterocycles. The Labute approximate surface area is 117 Å². The van der Waals surface area contributed by atoms with Crippen molar-refractivity contribution >= 4 is 17.6 Å². The van der Waals surface area contributed by atoms with Gasteiger partial charge in [0.05, 0.1) is 26.3 Å². The fourth-order valence-electron chi connectivity index (χ4n) is 1.79. The van der Waals surface area contributed by atoms with Crippen LogP contribution in [0, 0.1) is 0 Å². The lowest BCUT2D eigenvalue weighted by atomic mass is 10.2. The quantitative estimate of drug-likeness (QED) is 0.826. The molecule has 1 rings (SSSR count). The standard InChI is InChI=1S/C14H19NO5/c1-4-13(16)15(8-7-14(17)18)11-6-5-10(19-2)9-12(11)20-3/h5-6,9H,4,7-8H2,1-3H3,(H,17,18). The molecule has 0 aromatic heterocycles. The molecule has 6 nitrogen and oxygen atoms in total. The summed E-state index contributed by atoms with van der Waals surface area (Å²) in [6.07, 6.45) is 0.162. The van der Waals surface area contributed by atoms with Crippen molar-refractivity contribution in [1.29, 1.82) is 0 Å². The molecule has 0 aliphatic carbocycles. The van der Waals surface area contributed by atoms with Gasteiger partial charge in [-0.15, -0.1) is 0 Å². The van der Waals surface area contributed by atoms with Crippen LogP contribution in [-0.4, -0.2) is 37.7 Å². The highest BCUT2D eigenvalue weighted by Gasteiger charge is 2.19. The third-order valence-corrected chi connectivity index (χ3v) is 2.83. The van der Waals surface area contributed by atoms with Crippen LogP contribution < -0.4 is 14.4 Å². The van der Waals surface area contributed by atoms with Crippen molar-refractivity contribution in [2.75, 3.05) is 25.7 Å². The van der Waals surface area contributed by atoms with Crippen LogP contribution >= 0.6 is 0 Å². The van der Waals surface area contributed by atoms with Gasteiger partial charge in [0, 0.05) is 19.0 Å². The summed E-state index contributed by atoms with van der Waals surface area (Å²) in [6.45, 7) is 1.83. The summed E-state index contributed by atoms with van der Waals surface area (Å²) in [7, 11) is 3.03. The lowest BCUT2D eigenvalue weighted by Crippen LogP contribution is -2.32. The normalized spacial score (nSPS) is 9.95. The molecule has 1 amide bonds. The van der Waals surface area contributed by atoms with E-state index in [1.54, 1.807) is 25.1 Å². The largest absolute Gasteiger partial charge is 0.497 e. The Kier molecular flexibility index (Phi) is 5.83. The first kappa shape index (κ1) is 15.8. The monoisotopic (exact) mass is 281 g/mol. The first-order valence-electron chi connectivity index (χ1n) is 6.27. The molecular weight excluding hydrogens is 262 g/mol. The molecular formula is C14H19NO5. The van der Waals surface area contributed by atoms with Crippen LogP contribution in [0.15, 0.2) is 18.2 Å². The topological polar surface area (TPSA) is 76.1 Å². The second-order valence-electron chi connectivity index (χ2n) is 4.08. The molecule has 1 aromatic rings. The molecule has 0 bridgehead atoms. The number of carbonyl (C=O) groups is 2. The van der Waals surface area contributed by atoms with E-state index < -0.39 is 5.97 Å². The van der Waals surface area contributed by atoms with Gasteiger partial charge in [0.25, 0.3) is 0 Å². The molecule has 20 heavy (non-hydrogen) atoms. The van der Waals surface area contributed by atoms with Crippen molar-refractivity contribution in [3.63, 3.8) is 0 Å². The average molecular weight is 281 g/mol. The predicted molar refractivity (Wildman–Crippen MR) is 74.4 cm³/mol. The number of carboxylic acid groups (broad SMARTS) is 1. The highest BCUT2D eigenvalue weighted by Crippen LogP contribution is 2.32. The Hall–Kier alpha value is -2.24. The molecule has 0 saturated heterocycles. The van der Waals surface area contributed by atoms with Crippen LogP contribution in [0.3, 0.4) is 0 Å². The third kappa shape index (κ3) is 3.88. The van der Waals surface area contributed by atoms with Crippen molar-refractivity contribution in [2.24, 2.45) is 0 Å². The maximum atomic E-state index is 12.0. The van der Waals surface area contributed by atoms with Gasteiger partial charge in [0.15, 0.2) is 0 Å². The zero-order valence-corrected chi connectivity index (χ0v) is 11.9. The average Bonchev–Trinajstić information content (AvgIpc) is 2.46. The van der Waals surface area contributed by atoms with Gasteiger partial charge < -0.3 is 19.5 Å². The van der Waals surface area contributed by atoms with Gasteiger partial charge in [0.1, 0.15) is 11.5 Å². The molecule has 1 N–H and O–H groups in total. The molecule has 0 aliphatic rings. The number of carboxylic acids is 1. The highest BCUT2D eigenvalue weighted by atomic mass is 16.5. The van der Waals surface area contributed by atoms with Crippen molar-refractivity contribution < 1.29 is 24.2 Å². The number of benzene rings is 1. The molecule has 0 saturated carbocycles. The molecule has 0 fully saturated rings. The van der Waals surface area contributed by atoms with Gasteiger partial charge in [-0.25, -0.2) is 0 Å². The van der Waals surface area contributed by atoms with E-state index in [0.29, 0.717) is 17.2 Å². The van der Waals surface area contributed by atoms with E-state index in [1.807, 2.05) is 0 Å². The first-order valence-corrected chi connectivity index (χ1v) is 6.27. The number of ether oxygens (including phenoxy) is 2. The van der Waals surface area contributed by atoms with Gasteiger partial charge in [-0.2, -0.15) is 0 Å². The summed E-state index contributed by atoms with van der Waals surface area (Å²) in [6, 6.07) is 5.05. The van der Waals surface area contributed by atoms with E-state index in [1.165, 1.54) is 19.1 Å². The zero-order chi connectivity index (χ0) is 15.1. The number of methoxy groups -OCH3 is 2. The van der Waals surface area contributed by atoms with Crippen molar-refractivity contribution in [3.8, 4) is 11.5 Å². The Morgan fingerprint density at radius 2 is 1.95 bits per heavy atom. The van der Waals surface area contributed by atoms with E-state index in [9.17, 15) is 9.59 Å². The number of nitrogens with zero attached hydrogens (tertiary/aromatic N) is 1. The fourth-order valence-corrected chi connectivity index (χ4v) is 1.79. The molecule has 0 unspecified atom stereocenters. The molecule has 0 aliphatic heterocycles. The van der Waals surface area contributed by atoms with E-state index in [4.69, 9.17) is 14.6 Å². The van der Waals surface area contributed by atoms with Crippen LogP contribution in [0.1, 0.15) is 19.8 Å². The summed E-state index contributed by atoms with van der Waals surface area (Å²) in [4.78, 5) is 24.1. The third-order valence-electron chi connectivity index (χ3n) is 2.83. The minimum Gasteiger partial charge on any atom is -0.497 e. The maximum absolute atomic E-state index is 12.0. The molecule has 1 aromatic carbocycles. The molecule has 110 valence electrons. The maximum Gasteiger partial charge on any atom is 0.305 e.